The molecule has 0 saturated heterocycles. The third-order valence-corrected chi connectivity index (χ3v) is 9.88. The number of benzene rings is 4. The first-order valence-electron chi connectivity index (χ1n) is 13.2. The molecule has 1 aromatic heterocycles. The monoisotopic (exact) mass is 523 g/mol. The molecular weight excluding hydrogens is 496 g/mol. The van der Waals surface area contributed by atoms with Gasteiger partial charge in [0.05, 0.1) is 6.67 Å². The van der Waals surface area contributed by atoms with Gasteiger partial charge in [-0.15, -0.1) is 0 Å². The van der Waals surface area contributed by atoms with E-state index in [1.807, 2.05) is 18.2 Å². The first-order valence-corrected chi connectivity index (χ1v) is 14.5. The van der Waals surface area contributed by atoms with Crippen molar-refractivity contribution in [1.82, 2.24) is 9.88 Å². The van der Waals surface area contributed by atoms with E-state index < -0.39 is 7.92 Å². The van der Waals surface area contributed by atoms with Crippen molar-refractivity contribution in [2.24, 2.45) is 0 Å². The maximum Gasteiger partial charge on any atom is 0.242 e. The molecule has 2 aliphatic rings. The van der Waals surface area contributed by atoms with Crippen molar-refractivity contribution >= 4 is 52.6 Å². The second kappa shape index (κ2) is 10.1. The molecule has 1 atom stereocenters. The summed E-state index contributed by atoms with van der Waals surface area (Å²) in [6.45, 7) is 1.02. The third kappa shape index (κ3) is 4.49. The lowest BCUT2D eigenvalue weighted by atomic mass is 9.36. The SMILES string of the molecule is CN1C=CN(c2cccc(P3c4ccccc4B(c4ccccc4)c4ccc(Oc5ccccn5)cc43)c2)C1. The molecule has 0 bridgehead atoms. The van der Waals surface area contributed by atoms with Gasteiger partial charge in [0.2, 0.25) is 12.6 Å². The molecule has 0 N–H and O–H groups in total. The van der Waals surface area contributed by atoms with E-state index in [4.69, 9.17) is 4.74 Å². The van der Waals surface area contributed by atoms with E-state index >= 15 is 0 Å². The van der Waals surface area contributed by atoms with Crippen LogP contribution in [0.2, 0.25) is 0 Å². The zero-order chi connectivity index (χ0) is 26.2. The van der Waals surface area contributed by atoms with E-state index in [0.29, 0.717) is 5.88 Å². The Morgan fingerprint density at radius 2 is 1.56 bits per heavy atom. The lowest BCUT2D eigenvalue weighted by Crippen LogP contribution is -2.64. The number of aromatic nitrogens is 1. The Bertz CT molecular complexity index is 1660. The van der Waals surface area contributed by atoms with E-state index in [-0.39, 0.29) is 6.71 Å². The maximum atomic E-state index is 6.25. The van der Waals surface area contributed by atoms with E-state index in [0.717, 1.165) is 12.4 Å². The highest BCUT2D eigenvalue weighted by Crippen LogP contribution is 2.36. The summed E-state index contributed by atoms with van der Waals surface area (Å²) < 4.78 is 6.25. The number of nitrogens with zero attached hydrogens (tertiary/aromatic N) is 3. The molecule has 0 amide bonds. The van der Waals surface area contributed by atoms with E-state index in [9.17, 15) is 0 Å². The molecule has 6 heteroatoms. The van der Waals surface area contributed by atoms with Crippen LogP contribution in [0.15, 0.2) is 134 Å². The number of fused-ring (bicyclic) bond motifs is 2. The fraction of sp³-hybridized carbons (Fsp3) is 0.0606. The van der Waals surface area contributed by atoms with Gasteiger partial charge in [-0.3, -0.25) is 0 Å². The Morgan fingerprint density at radius 3 is 2.38 bits per heavy atom. The summed E-state index contributed by atoms with van der Waals surface area (Å²) in [5.74, 6) is 1.41. The average molecular weight is 523 g/mol. The van der Waals surface area contributed by atoms with Crippen LogP contribution in [-0.2, 0) is 0 Å². The van der Waals surface area contributed by atoms with Crippen LogP contribution in [0.5, 0.6) is 11.6 Å². The molecule has 188 valence electrons. The van der Waals surface area contributed by atoms with Gasteiger partial charge in [0.25, 0.3) is 0 Å². The van der Waals surface area contributed by atoms with Crippen molar-refractivity contribution < 1.29 is 4.74 Å². The van der Waals surface area contributed by atoms with Gasteiger partial charge in [0.1, 0.15) is 5.75 Å². The van der Waals surface area contributed by atoms with Crippen LogP contribution in [-0.4, -0.2) is 30.3 Å². The van der Waals surface area contributed by atoms with Crippen molar-refractivity contribution in [3.63, 3.8) is 0 Å². The number of pyridine rings is 1. The first kappa shape index (κ1) is 23.8. The van der Waals surface area contributed by atoms with Crippen LogP contribution in [0, 0.1) is 0 Å². The summed E-state index contributed by atoms with van der Waals surface area (Å²) in [4.78, 5) is 8.87. The smallest absolute Gasteiger partial charge is 0.242 e. The van der Waals surface area contributed by atoms with E-state index in [1.54, 1.807) is 6.20 Å². The summed E-state index contributed by atoms with van der Waals surface area (Å²) in [5, 5.41) is 4.06. The van der Waals surface area contributed by atoms with Gasteiger partial charge in [-0.1, -0.05) is 95.3 Å². The molecule has 0 radical (unpaired) electrons. The zero-order valence-corrected chi connectivity index (χ0v) is 22.6. The summed E-state index contributed by atoms with van der Waals surface area (Å²) >= 11 is 0. The Labute approximate surface area is 231 Å². The fourth-order valence-corrected chi connectivity index (χ4v) is 8.30. The van der Waals surface area contributed by atoms with Crippen LogP contribution < -0.4 is 41.9 Å². The normalized spacial score (nSPS) is 15.7. The molecule has 7 rings (SSSR count). The predicted octanol–water partition coefficient (Wildman–Crippen LogP) is 3.64. The van der Waals surface area contributed by atoms with Gasteiger partial charge in [-0.05, 0) is 54.2 Å². The first-order chi connectivity index (χ1) is 19.2. The minimum absolute atomic E-state index is 0.165. The highest BCUT2D eigenvalue weighted by Gasteiger charge is 2.36. The molecule has 39 heavy (non-hydrogen) atoms. The second-order valence-corrected chi connectivity index (χ2v) is 12.1. The molecule has 0 saturated carbocycles. The summed E-state index contributed by atoms with van der Waals surface area (Å²) in [5.41, 5.74) is 5.23. The Hall–Kier alpha value is -4.34. The molecule has 4 aromatic carbocycles. The Kier molecular flexibility index (Phi) is 6.15. The molecule has 1 unspecified atom stereocenters. The standard InChI is InChI=1S/C33H27BN3OP/c1-36-20-21-37(24-36)26-12-9-13-28(22-26)39-31-15-6-5-14-29(31)34(25-10-3-2-4-11-25)30-18-17-27(23-32(30)39)38-33-16-7-8-19-35-33/h2-23H,24H2,1H3. The van der Waals surface area contributed by atoms with Crippen LogP contribution in [0.3, 0.4) is 0 Å². The Morgan fingerprint density at radius 1 is 0.744 bits per heavy atom. The molecule has 5 aromatic rings. The Balaban J connectivity index is 1.40. The molecule has 0 spiro atoms. The van der Waals surface area contributed by atoms with Crippen LogP contribution >= 0.6 is 7.92 Å². The highest BCUT2D eigenvalue weighted by atomic mass is 31.1. The van der Waals surface area contributed by atoms with E-state index in [2.05, 4.69) is 131 Å². The van der Waals surface area contributed by atoms with Gasteiger partial charge in [0, 0.05) is 37.4 Å². The number of ether oxygens (including phenoxy) is 1. The largest absolute Gasteiger partial charge is 0.439 e. The lowest BCUT2D eigenvalue weighted by Gasteiger charge is -2.34. The quantitative estimate of drug-likeness (QED) is 0.255. The minimum atomic E-state index is -0.813. The zero-order valence-electron chi connectivity index (χ0n) is 21.7. The topological polar surface area (TPSA) is 28.6 Å². The summed E-state index contributed by atoms with van der Waals surface area (Å²) in [7, 11) is 1.29. The minimum Gasteiger partial charge on any atom is -0.439 e. The van der Waals surface area contributed by atoms with E-state index in [1.165, 1.54) is 38.0 Å². The van der Waals surface area contributed by atoms with Crippen molar-refractivity contribution in [2.45, 2.75) is 0 Å². The number of hydrogen-bond donors (Lipinski definition) is 0. The third-order valence-electron chi connectivity index (χ3n) is 7.33. The van der Waals surface area contributed by atoms with Crippen LogP contribution in [0.25, 0.3) is 0 Å². The van der Waals surface area contributed by atoms with Gasteiger partial charge in [-0.25, -0.2) is 4.98 Å². The van der Waals surface area contributed by atoms with Crippen molar-refractivity contribution in [1.29, 1.82) is 0 Å². The predicted molar refractivity (Wildman–Crippen MR) is 165 cm³/mol. The lowest BCUT2D eigenvalue weighted by molar-refractivity contribution is 0.463. The maximum absolute atomic E-state index is 6.25. The fourth-order valence-electron chi connectivity index (χ4n) is 5.58. The van der Waals surface area contributed by atoms with Crippen molar-refractivity contribution in [3.8, 4) is 11.6 Å². The van der Waals surface area contributed by atoms with Gasteiger partial charge in [-0.2, -0.15) is 0 Å². The van der Waals surface area contributed by atoms with Crippen LogP contribution in [0.4, 0.5) is 5.69 Å². The molecule has 0 fully saturated rings. The van der Waals surface area contributed by atoms with Gasteiger partial charge < -0.3 is 14.5 Å². The summed E-state index contributed by atoms with van der Waals surface area (Å²) in [6, 6.07) is 41.2. The summed E-state index contributed by atoms with van der Waals surface area (Å²) in [6.07, 6.45) is 6.03. The second-order valence-electron chi connectivity index (χ2n) is 9.91. The molecular formula is C33H27BN3OP. The number of hydrogen-bond acceptors (Lipinski definition) is 4. The van der Waals surface area contributed by atoms with Crippen molar-refractivity contribution in [2.75, 3.05) is 18.6 Å². The van der Waals surface area contributed by atoms with Gasteiger partial charge >= 0.3 is 0 Å². The van der Waals surface area contributed by atoms with Crippen LogP contribution in [0.1, 0.15) is 0 Å². The molecule has 3 heterocycles. The molecule has 0 aliphatic carbocycles. The van der Waals surface area contributed by atoms with Gasteiger partial charge in [0.15, 0.2) is 0 Å². The van der Waals surface area contributed by atoms with Crippen molar-refractivity contribution in [3.05, 3.63) is 134 Å². The number of rotatable bonds is 5. The average Bonchev–Trinajstić information content (AvgIpc) is 3.43. The molecule has 4 nitrogen and oxygen atoms in total. The number of anilines is 1. The highest BCUT2D eigenvalue weighted by molar-refractivity contribution is 7.81. The molecule has 2 aliphatic heterocycles.